The molecule has 15 heavy (non-hydrogen) atoms. The predicted molar refractivity (Wildman–Crippen MR) is 67.7 cm³/mol. The Bertz CT molecular complexity index is 162. The third-order valence-electron chi connectivity index (χ3n) is 1.31. The van der Waals surface area contributed by atoms with Gasteiger partial charge in [-0.05, 0) is 6.42 Å². The summed E-state index contributed by atoms with van der Waals surface area (Å²) in [5.41, 5.74) is 0. The van der Waals surface area contributed by atoms with Crippen LogP contribution in [0.3, 0.4) is 0 Å². The van der Waals surface area contributed by atoms with E-state index in [4.69, 9.17) is 58.1 Å². The van der Waals surface area contributed by atoms with Crippen molar-refractivity contribution < 1.29 is 19.5 Å². The molecule has 0 aromatic rings. The van der Waals surface area contributed by atoms with E-state index in [1.807, 2.05) is 7.05 Å². The second-order valence-electron chi connectivity index (χ2n) is 2.38. The third kappa shape index (κ3) is 22.2. The zero-order chi connectivity index (χ0) is 12.4. The van der Waals surface area contributed by atoms with E-state index >= 15 is 0 Å². The minimum absolute atomic E-state index is 0.292. The zero-order valence-electron chi connectivity index (χ0n) is 7.82. The molecule has 0 unspecified atom stereocenters. The van der Waals surface area contributed by atoms with Crippen LogP contribution in [0.5, 0.6) is 0 Å². The summed E-state index contributed by atoms with van der Waals surface area (Å²) in [6, 6.07) is 0. The Kier molecular flexibility index (Phi) is 17.0. The quantitative estimate of drug-likeness (QED) is 0.576. The van der Waals surface area contributed by atoms with E-state index in [9.17, 15) is 4.79 Å². The Morgan fingerprint density at radius 2 is 1.60 bits per heavy atom. The van der Waals surface area contributed by atoms with E-state index in [-0.39, 0.29) is 0 Å². The van der Waals surface area contributed by atoms with Crippen LogP contribution in [0.25, 0.3) is 0 Å². The second kappa shape index (κ2) is 12.9. The van der Waals surface area contributed by atoms with Gasteiger partial charge in [0.25, 0.3) is 0 Å². The topological polar surface area (TPSA) is 20.3 Å². The fourth-order valence-electron chi connectivity index (χ4n) is 0.783. The van der Waals surface area contributed by atoms with Gasteiger partial charge in [-0.15, -0.1) is 0 Å². The Labute approximate surface area is 125 Å². The van der Waals surface area contributed by atoms with Crippen LogP contribution in [0.1, 0.15) is 12.8 Å². The first-order valence-corrected chi connectivity index (χ1v) is 15.4. The molecule has 2 nitrogen and oxygen atoms in total. The van der Waals surface area contributed by atoms with Crippen molar-refractivity contribution in [3.63, 3.8) is 0 Å². The fourth-order valence-corrected chi connectivity index (χ4v) is 0.783. The molecular weight excluding hydrogens is 378 g/mol. The van der Waals surface area contributed by atoms with Gasteiger partial charge in [0.1, 0.15) is 0 Å². The fraction of sp³-hybridized carbons (Fsp3) is 0.800. The van der Waals surface area contributed by atoms with Crippen molar-refractivity contribution in [2.24, 2.45) is 0 Å². The maximum atomic E-state index is 10.5. The number of carbonyl (C=O) groups is 1. The molecule has 1 amide bonds. The summed E-state index contributed by atoms with van der Waals surface area (Å²) in [4.78, 5) is 12.3. The van der Waals surface area contributed by atoms with Crippen LogP contribution in [0, 0.1) is 0 Å². The number of hydrogen-bond donors (Lipinski definition) is 0. The first-order chi connectivity index (χ1) is 6.77. The summed E-state index contributed by atoms with van der Waals surface area (Å²) < 4.78 is 0. The van der Waals surface area contributed by atoms with Crippen LogP contribution in [-0.4, -0.2) is 35.8 Å². The number of likely N-dealkylation sites (tertiary alicyclic amines) is 1. The number of amides is 1. The van der Waals surface area contributed by atoms with Crippen LogP contribution in [0.4, 0.5) is 0 Å². The van der Waals surface area contributed by atoms with Crippen LogP contribution < -0.4 is 0 Å². The van der Waals surface area contributed by atoms with Gasteiger partial charge in [0, 0.05) is 20.0 Å². The Balaban J connectivity index is 0. The molecule has 0 saturated carbocycles. The Hall–Kier alpha value is 2.46. The van der Waals surface area contributed by atoms with E-state index in [1.165, 1.54) is 0 Å². The molecule has 10 heteroatoms. The van der Waals surface area contributed by atoms with E-state index < -0.39 is 26.1 Å². The first kappa shape index (κ1) is 19.8. The van der Waals surface area contributed by atoms with Crippen molar-refractivity contribution >= 4 is 75.4 Å². The molecule has 0 N–H and O–H groups in total. The average molecular weight is 387 g/mol. The van der Waals surface area contributed by atoms with Crippen molar-refractivity contribution in [2.75, 3.05) is 13.6 Å². The normalized spacial score (nSPS) is 13.5. The van der Waals surface area contributed by atoms with Crippen molar-refractivity contribution in [1.82, 2.24) is 4.90 Å². The minimum atomic E-state index is -1.92. The monoisotopic (exact) mass is 384 g/mol. The SMILES string of the molecule is CN1CCCC1=O.[Cl][Al]([Cl])[Cl].[Cl][Ti]([Cl])[Cl]. The molecule has 0 aromatic carbocycles. The molecular formula is C5H9AlCl6NOTi. The molecule has 1 rings (SSSR count). The molecule has 0 aliphatic carbocycles. The van der Waals surface area contributed by atoms with Crippen molar-refractivity contribution in [2.45, 2.75) is 12.8 Å². The van der Waals surface area contributed by atoms with Crippen molar-refractivity contribution in [3.05, 3.63) is 0 Å². The van der Waals surface area contributed by atoms with Crippen LogP contribution in [0.2, 0.25) is 0 Å². The molecule has 0 spiro atoms. The summed E-state index contributed by atoms with van der Waals surface area (Å²) in [5.74, 6) is 0.292. The van der Waals surface area contributed by atoms with Crippen LogP contribution in [0.15, 0.2) is 0 Å². The van der Waals surface area contributed by atoms with Gasteiger partial charge in [0.2, 0.25) is 5.91 Å². The Morgan fingerprint density at radius 3 is 1.67 bits per heavy atom. The van der Waals surface area contributed by atoms with Gasteiger partial charge in [0.15, 0.2) is 0 Å². The molecule has 0 aromatic heterocycles. The number of nitrogens with zero attached hydrogens (tertiary/aromatic N) is 1. The van der Waals surface area contributed by atoms with Crippen molar-refractivity contribution in [1.29, 1.82) is 0 Å². The molecule has 89 valence electrons. The van der Waals surface area contributed by atoms with Crippen molar-refractivity contribution in [3.8, 4) is 0 Å². The maximum absolute atomic E-state index is 10.5. The zero-order valence-corrected chi connectivity index (χ0v) is 15.1. The van der Waals surface area contributed by atoms with E-state index in [1.54, 1.807) is 4.90 Å². The van der Waals surface area contributed by atoms with E-state index in [2.05, 4.69) is 0 Å². The van der Waals surface area contributed by atoms with Gasteiger partial charge in [-0.2, -0.15) is 0 Å². The third-order valence-corrected chi connectivity index (χ3v) is 1.31. The first-order valence-electron chi connectivity index (χ1n) is 3.77. The van der Waals surface area contributed by atoms with E-state index in [0.717, 1.165) is 19.4 Å². The van der Waals surface area contributed by atoms with Gasteiger partial charge in [-0.1, -0.05) is 0 Å². The number of hydrogen-bond acceptors (Lipinski definition) is 1. The van der Waals surface area contributed by atoms with Crippen LogP contribution in [-0.2, 0) is 19.5 Å². The summed E-state index contributed by atoms with van der Waals surface area (Å²) in [5, 5.41) is 0. The molecule has 0 atom stereocenters. The summed E-state index contributed by atoms with van der Waals surface area (Å²) in [6.45, 7) is 0.957. The number of halogens is 6. The van der Waals surface area contributed by atoms with Gasteiger partial charge >= 0.3 is 54.0 Å². The molecule has 1 saturated heterocycles. The van der Waals surface area contributed by atoms with Gasteiger partial charge in [0.05, 0.1) is 0 Å². The molecule has 1 aliphatic rings. The average Bonchev–Trinajstić information content (AvgIpc) is 2.33. The molecule has 1 heterocycles. The van der Waals surface area contributed by atoms with Gasteiger partial charge in [-0.3, -0.25) is 4.79 Å². The standard InChI is InChI=1S/C5H9NO.Al.6ClH.Ti/c1-6-4-2-3-5(6)7;;;;;;;;/h2-4H2,1H3;;6*1H;/q;+3;;;;;;;+3/p-6. The second-order valence-corrected chi connectivity index (χ2v) is 16.6. The molecule has 1 aliphatic heterocycles. The Morgan fingerprint density at radius 1 is 1.27 bits per heavy atom. The van der Waals surface area contributed by atoms with E-state index in [0.29, 0.717) is 5.91 Å². The number of rotatable bonds is 0. The summed E-state index contributed by atoms with van der Waals surface area (Å²) in [6.07, 6.45) is 1.81. The number of carbonyl (C=O) groups excluding carboxylic acids is 1. The summed E-state index contributed by atoms with van der Waals surface area (Å²) in [7, 11) is 31.6. The summed E-state index contributed by atoms with van der Waals surface area (Å²) >= 11 is -3.64. The predicted octanol–water partition coefficient (Wildman–Crippen LogP) is 3.99. The molecule has 0 bridgehead atoms. The molecule has 0 radical (unpaired) electrons. The van der Waals surface area contributed by atoms with Gasteiger partial charge in [-0.25, -0.2) is 30.1 Å². The van der Waals surface area contributed by atoms with Crippen LogP contribution >= 0.6 is 58.1 Å². The molecule has 1 fully saturated rings. The van der Waals surface area contributed by atoms with Gasteiger partial charge < -0.3 is 4.90 Å².